The van der Waals surface area contributed by atoms with Crippen molar-refractivity contribution in [2.24, 2.45) is 0 Å². The molecule has 0 fully saturated rings. The lowest BCUT2D eigenvalue weighted by Gasteiger charge is -2.10. The summed E-state index contributed by atoms with van der Waals surface area (Å²) in [5.41, 5.74) is 0.755. The Labute approximate surface area is 130 Å². The minimum Gasteiger partial charge on any atom is -0.394 e. The van der Waals surface area contributed by atoms with E-state index in [0.29, 0.717) is 22.2 Å². The molecule has 7 nitrogen and oxygen atoms in total. The van der Waals surface area contributed by atoms with Gasteiger partial charge in [0.2, 0.25) is 5.95 Å². The second kappa shape index (κ2) is 5.82. The molecule has 3 heterocycles. The van der Waals surface area contributed by atoms with Crippen molar-refractivity contribution in [1.82, 2.24) is 19.4 Å². The van der Waals surface area contributed by atoms with Crippen LogP contribution in [0.5, 0.6) is 0 Å². The molecule has 3 rings (SSSR count). The van der Waals surface area contributed by atoms with Crippen LogP contribution in [-0.4, -0.2) is 37.1 Å². The minimum absolute atomic E-state index is 0.0298. The number of aryl methyl sites for hydroxylation is 1. The highest BCUT2D eigenvalue weighted by Crippen LogP contribution is 2.17. The summed E-state index contributed by atoms with van der Waals surface area (Å²) in [5.74, 6) is 0.366. The summed E-state index contributed by atoms with van der Waals surface area (Å²) >= 11 is 1.46. The maximum atomic E-state index is 12.5. The number of nitrogens with zero attached hydrogens (tertiary/aromatic N) is 4. The lowest BCUT2D eigenvalue weighted by atomic mass is 10.2. The van der Waals surface area contributed by atoms with E-state index < -0.39 is 0 Å². The Bertz CT molecular complexity index is 873. The number of nitrogens with one attached hydrogen (secondary N) is 1. The zero-order chi connectivity index (χ0) is 15.7. The molecule has 0 spiro atoms. The van der Waals surface area contributed by atoms with Crippen LogP contribution < -0.4 is 10.9 Å². The number of hydrogen-bond donors (Lipinski definition) is 2. The molecule has 0 aromatic carbocycles. The normalized spacial score (nSPS) is 12.5. The molecule has 0 aliphatic heterocycles. The summed E-state index contributed by atoms with van der Waals surface area (Å²) in [6, 6.07) is 1.50. The Balaban J connectivity index is 2.05. The van der Waals surface area contributed by atoms with Crippen LogP contribution in [0.15, 0.2) is 29.5 Å². The third-order valence-electron chi connectivity index (χ3n) is 3.10. The summed E-state index contributed by atoms with van der Waals surface area (Å²) in [4.78, 5) is 26.9. The first kappa shape index (κ1) is 14.6. The van der Waals surface area contributed by atoms with Crippen molar-refractivity contribution in [2.75, 3.05) is 11.9 Å². The molecule has 0 saturated heterocycles. The first-order chi connectivity index (χ1) is 10.6. The molecule has 0 saturated carbocycles. The summed E-state index contributed by atoms with van der Waals surface area (Å²) in [6.45, 7) is 3.71. The minimum atomic E-state index is -0.170. The Hall–Kier alpha value is -2.32. The van der Waals surface area contributed by atoms with Crippen LogP contribution in [0.25, 0.3) is 16.2 Å². The molecule has 8 heteroatoms. The standard InChI is InChI=1S/C14H15N5O2S/c1-8(7-20)17-13-15-4-3-11(18-13)10-5-16-14-19(12(10)21)6-9(2)22-14/h3-6,8,20H,7H2,1-2H3,(H,15,17,18)/t8-/m0/s1. The molecule has 3 aromatic heterocycles. The highest BCUT2D eigenvalue weighted by molar-refractivity contribution is 7.16. The van der Waals surface area contributed by atoms with Crippen molar-refractivity contribution >= 4 is 22.2 Å². The highest BCUT2D eigenvalue weighted by atomic mass is 32.1. The molecule has 22 heavy (non-hydrogen) atoms. The van der Waals surface area contributed by atoms with Gasteiger partial charge >= 0.3 is 0 Å². The predicted octanol–water partition coefficient (Wildman–Crippen LogP) is 1.31. The first-order valence-electron chi connectivity index (χ1n) is 6.77. The van der Waals surface area contributed by atoms with Gasteiger partial charge in [0.15, 0.2) is 4.96 Å². The number of thiazole rings is 1. The number of aromatic nitrogens is 4. The van der Waals surface area contributed by atoms with E-state index in [9.17, 15) is 4.79 Å². The van der Waals surface area contributed by atoms with Gasteiger partial charge in [0, 0.05) is 29.5 Å². The number of hydrogen-bond acceptors (Lipinski definition) is 7. The van der Waals surface area contributed by atoms with E-state index in [1.165, 1.54) is 21.9 Å². The van der Waals surface area contributed by atoms with Gasteiger partial charge in [0.05, 0.1) is 17.9 Å². The van der Waals surface area contributed by atoms with Crippen LogP contribution >= 0.6 is 11.3 Å². The molecule has 0 bridgehead atoms. The monoisotopic (exact) mass is 317 g/mol. The van der Waals surface area contributed by atoms with Gasteiger partial charge in [-0.05, 0) is 19.9 Å². The van der Waals surface area contributed by atoms with Gasteiger partial charge in [-0.3, -0.25) is 9.20 Å². The summed E-state index contributed by atoms with van der Waals surface area (Å²) in [5, 5.41) is 12.0. The molecule has 0 aliphatic carbocycles. The van der Waals surface area contributed by atoms with E-state index in [0.717, 1.165) is 4.88 Å². The second-order valence-corrected chi connectivity index (χ2v) is 6.18. The Kier molecular flexibility index (Phi) is 3.86. The molecular weight excluding hydrogens is 302 g/mol. The van der Waals surface area contributed by atoms with Crippen LogP contribution in [0.1, 0.15) is 11.8 Å². The summed E-state index contributed by atoms with van der Waals surface area (Å²) in [7, 11) is 0. The van der Waals surface area contributed by atoms with Gasteiger partial charge in [-0.2, -0.15) is 0 Å². The maximum Gasteiger partial charge on any atom is 0.267 e. The third kappa shape index (κ3) is 2.70. The molecular formula is C14H15N5O2S. The number of aliphatic hydroxyl groups is 1. The second-order valence-electron chi connectivity index (χ2n) is 4.96. The number of rotatable bonds is 4. The van der Waals surface area contributed by atoms with Crippen LogP contribution in [0, 0.1) is 6.92 Å². The van der Waals surface area contributed by atoms with E-state index >= 15 is 0 Å². The summed E-state index contributed by atoms with van der Waals surface area (Å²) in [6.07, 6.45) is 4.88. The topological polar surface area (TPSA) is 92.4 Å². The molecule has 3 aromatic rings. The third-order valence-corrected chi connectivity index (χ3v) is 4.02. The highest BCUT2D eigenvalue weighted by Gasteiger charge is 2.12. The number of anilines is 1. The van der Waals surface area contributed by atoms with Crippen LogP contribution in [0.3, 0.4) is 0 Å². The molecule has 2 N–H and O–H groups in total. The molecule has 0 aliphatic rings. The SMILES string of the molecule is Cc1cn2c(=O)c(-c3ccnc(N[C@@H](C)CO)n3)cnc2s1. The number of aliphatic hydroxyl groups excluding tert-OH is 1. The van der Waals surface area contributed by atoms with Crippen molar-refractivity contribution in [3.8, 4) is 11.3 Å². The van der Waals surface area contributed by atoms with Crippen LogP contribution in [0.2, 0.25) is 0 Å². The van der Waals surface area contributed by atoms with Crippen molar-refractivity contribution in [1.29, 1.82) is 0 Å². The van der Waals surface area contributed by atoms with Gasteiger partial charge in [-0.25, -0.2) is 15.0 Å². The largest absolute Gasteiger partial charge is 0.394 e. The molecule has 114 valence electrons. The Morgan fingerprint density at radius 1 is 1.45 bits per heavy atom. The summed E-state index contributed by atoms with van der Waals surface area (Å²) < 4.78 is 1.53. The van der Waals surface area contributed by atoms with E-state index in [2.05, 4.69) is 20.3 Å². The molecule has 0 amide bonds. The smallest absolute Gasteiger partial charge is 0.267 e. The van der Waals surface area contributed by atoms with Crippen molar-refractivity contribution < 1.29 is 5.11 Å². The first-order valence-corrected chi connectivity index (χ1v) is 7.58. The van der Waals surface area contributed by atoms with Gasteiger partial charge in [-0.1, -0.05) is 0 Å². The van der Waals surface area contributed by atoms with E-state index in [1.54, 1.807) is 18.5 Å². The molecule has 0 radical (unpaired) electrons. The van der Waals surface area contributed by atoms with Crippen LogP contribution in [0.4, 0.5) is 5.95 Å². The van der Waals surface area contributed by atoms with Crippen LogP contribution in [-0.2, 0) is 0 Å². The van der Waals surface area contributed by atoms with Gasteiger partial charge < -0.3 is 10.4 Å². The van der Waals surface area contributed by atoms with E-state index in [1.807, 2.05) is 13.8 Å². The quantitative estimate of drug-likeness (QED) is 0.754. The zero-order valence-electron chi connectivity index (χ0n) is 12.1. The fourth-order valence-electron chi connectivity index (χ4n) is 2.02. The lowest BCUT2D eigenvalue weighted by molar-refractivity contribution is 0.281. The zero-order valence-corrected chi connectivity index (χ0v) is 13.0. The average molecular weight is 317 g/mol. The predicted molar refractivity (Wildman–Crippen MR) is 85.3 cm³/mol. The van der Waals surface area contributed by atoms with Gasteiger partial charge in [0.1, 0.15) is 0 Å². The lowest BCUT2D eigenvalue weighted by Crippen LogP contribution is -2.21. The van der Waals surface area contributed by atoms with Crippen molar-refractivity contribution in [2.45, 2.75) is 19.9 Å². The van der Waals surface area contributed by atoms with Crippen molar-refractivity contribution in [3.63, 3.8) is 0 Å². The molecule has 0 unspecified atom stereocenters. The average Bonchev–Trinajstić information content (AvgIpc) is 2.89. The number of fused-ring (bicyclic) bond motifs is 1. The van der Waals surface area contributed by atoms with Gasteiger partial charge in [0.25, 0.3) is 5.56 Å². The fourth-order valence-corrected chi connectivity index (χ4v) is 2.80. The molecule has 1 atom stereocenters. The fraction of sp³-hybridized carbons (Fsp3) is 0.286. The van der Waals surface area contributed by atoms with Crippen molar-refractivity contribution in [3.05, 3.63) is 39.9 Å². The van der Waals surface area contributed by atoms with Gasteiger partial charge in [-0.15, -0.1) is 11.3 Å². The van der Waals surface area contributed by atoms with E-state index in [-0.39, 0.29) is 18.2 Å². The Morgan fingerprint density at radius 2 is 2.27 bits per heavy atom. The van der Waals surface area contributed by atoms with E-state index in [4.69, 9.17) is 5.11 Å². The Morgan fingerprint density at radius 3 is 3.05 bits per heavy atom. The maximum absolute atomic E-state index is 12.5.